The van der Waals surface area contributed by atoms with Crippen molar-refractivity contribution in [2.45, 2.75) is 45.6 Å². The van der Waals surface area contributed by atoms with Crippen molar-refractivity contribution in [3.8, 4) is 0 Å². The van der Waals surface area contributed by atoms with E-state index in [-0.39, 0.29) is 12.0 Å². The second-order valence-corrected chi connectivity index (χ2v) is 5.26. The Morgan fingerprint density at radius 2 is 1.63 bits per heavy atom. The van der Waals surface area contributed by atoms with Crippen molar-refractivity contribution in [3.05, 3.63) is 0 Å². The van der Waals surface area contributed by atoms with Crippen LogP contribution in [0.1, 0.15) is 40.0 Å². The lowest BCUT2D eigenvalue weighted by Gasteiger charge is -2.24. The van der Waals surface area contributed by atoms with Gasteiger partial charge >= 0.3 is 17.9 Å². The minimum Gasteiger partial charge on any atom is -0.481 e. The topological polar surface area (TPSA) is 121 Å². The fourth-order valence-electron chi connectivity index (χ4n) is 1.13. The van der Waals surface area contributed by atoms with Gasteiger partial charge in [-0.1, -0.05) is 20.8 Å². The first-order valence-corrected chi connectivity index (χ1v) is 5.85. The fourth-order valence-corrected chi connectivity index (χ4v) is 1.13. The van der Waals surface area contributed by atoms with Crippen molar-refractivity contribution in [3.63, 3.8) is 0 Å². The average Bonchev–Trinajstić information content (AvgIpc) is 2.25. The van der Waals surface area contributed by atoms with E-state index in [1.54, 1.807) is 0 Å². The van der Waals surface area contributed by atoms with Crippen molar-refractivity contribution in [1.29, 1.82) is 0 Å². The molecule has 7 heteroatoms. The third-order valence-electron chi connectivity index (χ3n) is 2.86. The molecule has 1 atom stereocenters. The Morgan fingerprint density at radius 3 is 2.00 bits per heavy atom. The average molecular weight is 276 g/mol. The molecule has 3 N–H and O–H groups in total. The van der Waals surface area contributed by atoms with Crippen LogP contribution in [0.2, 0.25) is 0 Å². The number of carbonyl (C=O) groups excluding carboxylic acids is 1. The van der Waals surface area contributed by atoms with Crippen LogP contribution >= 0.6 is 0 Å². The molecule has 0 rings (SSSR count). The van der Waals surface area contributed by atoms with E-state index in [4.69, 9.17) is 14.9 Å². The predicted octanol–water partition coefficient (Wildman–Crippen LogP) is 0.646. The molecular formula is C12H20O7. The molecule has 0 saturated heterocycles. The van der Waals surface area contributed by atoms with Crippen LogP contribution in [0.25, 0.3) is 0 Å². The summed E-state index contributed by atoms with van der Waals surface area (Å²) in [4.78, 5) is 32.8. The number of aliphatic carboxylic acids is 2. The number of hydrogen-bond acceptors (Lipinski definition) is 5. The molecule has 7 nitrogen and oxygen atoms in total. The van der Waals surface area contributed by atoms with E-state index in [0.29, 0.717) is 0 Å². The highest BCUT2D eigenvalue weighted by atomic mass is 16.5. The molecule has 0 bridgehead atoms. The Morgan fingerprint density at radius 1 is 1.11 bits per heavy atom. The Balaban J connectivity index is 4.58. The zero-order valence-electron chi connectivity index (χ0n) is 11.3. The van der Waals surface area contributed by atoms with E-state index in [1.807, 2.05) is 20.8 Å². The molecule has 0 radical (unpaired) electrons. The number of hydrogen-bond donors (Lipinski definition) is 3. The Bertz CT molecular complexity index is 361. The molecule has 0 aromatic carbocycles. The summed E-state index contributed by atoms with van der Waals surface area (Å²) in [7, 11) is 0. The van der Waals surface area contributed by atoms with Crippen LogP contribution in [-0.2, 0) is 19.1 Å². The highest BCUT2D eigenvalue weighted by molar-refractivity contribution is 5.88. The van der Waals surface area contributed by atoms with Crippen LogP contribution in [0, 0.1) is 5.41 Å². The van der Waals surface area contributed by atoms with Gasteiger partial charge in [0.15, 0.2) is 5.60 Å². The summed E-state index contributed by atoms with van der Waals surface area (Å²) in [5.41, 5.74) is -2.90. The first-order chi connectivity index (χ1) is 8.52. The van der Waals surface area contributed by atoms with E-state index in [1.165, 1.54) is 0 Å². The molecule has 0 aliphatic heterocycles. The molecule has 0 amide bonds. The van der Waals surface area contributed by atoms with E-state index in [2.05, 4.69) is 0 Å². The monoisotopic (exact) mass is 276 g/mol. The standard InChI is InChI=1S/C12H20O7/c1-4-11(2,3)7-19-9(15)6-12(18,10(16)17)5-8(13)14/h18H,4-7H2,1-3H3,(H,13,14)(H,16,17). The number of esters is 1. The van der Waals surface area contributed by atoms with Crippen molar-refractivity contribution in [1.82, 2.24) is 0 Å². The largest absolute Gasteiger partial charge is 0.481 e. The molecule has 0 aliphatic carbocycles. The zero-order valence-corrected chi connectivity index (χ0v) is 11.3. The van der Waals surface area contributed by atoms with Crippen molar-refractivity contribution in [2.24, 2.45) is 5.41 Å². The molecule has 0 spiro atoms. The number of ether oxygens (including phenoxy) is 1. The summed E-state index contributed by atoms with van der Waals surface area (Å²) in [5, 5.41) is 27.0. The lowest BCUT2D eigenvalue weighted by Crippen LogP contribution is -2.43. The zero-order chi connectivity index (χ0) is 15.3. The Kier molecular flexibility index (Phi) is 5.95. The number of carboxylic acids is 2. The maximum atomic E-state index is 11.5. The minimum atomic E-state index is -2.64. The second-order valence-electron chi connectivity index (χ2n) is 5.26. The van der Waals surface area contributed by atoms with Crippen LogP contribution in [-0.4, -0.2) is 45.4 Å². The number of rotatable bonds is 8. The number of carboxylic acid groups (broad SMARTS) is 2. The van der Waals surface area contributed by atoms with Crippen molar-refractivity contribution >= 4 is 17.9 Å². The molecule has 0 aromatic rings. The first-order valence-electron chi connectivity index (χ1n) is 5.85. The molecule has 1 unspecified atom stereocenters. The fraction of sp³-hybridized carbons (Fsp3) is 0.750. The van der Waals surface area contributed by atoms with Gasteiger partial charge in [0.25, 0.3) is 0 Å². The third-order valence-corrected chi connectivity index (χ3v) is 2.86. The third kappa shape index (κ3) is 6.19. The summed E-state index contributed by atoms with van der Waals surface area (Å²) >= 11 is 0. The summed E-state index contributed by atoms with van der Waals surface area (Å²) in [6, 6.07) is 0. The van der Waals surface area contributed by atoms with E-state index >= 15 is 0 Å². The van der Waals surface area contributed by atoms with Crippen LogP contribution in [0.4, 0.5) is 0 Å². The molecule has 0 heterocycles. The molecule has 0 fully saturated rings. The minimum absolute atomic E-state index is 0.0745. The van der Waals surface area contributed by atoms with Crippen molar-refractivity contribution in [2.75, 3.05) is 6.61 Å². The van der Waals surface area contributed by atoms with E-state index in [0.717, 1.165) is 6.42 Å². The SMILES string of the molecule is CCC(C)(C)COC(=O)CC(O)(CC(=O)O)C(=O)O. The quantitative estimate of drug-likeness (QED) is 0.556. The summed E-state index contributed by atoms with van der Waals surface area (Å²) in [5.74, 6) is -4.21. The van der Waals surface area contributed by atoms with Gasteiger partial charge in [0.1, 0.15) is 0 Å². The molecule has 0 aliphatic rings. The lowest BCUT2D eigenvalue weighted by atomic mass is 9.91. The van der Waals surface area contributed by atoms with Gasteiger partial charge in [-0.3, -0.25) is 9.59 Å². The van der Waals surface area contributed by atoms with Crippen LogP contribution in [0.3, 0.4) is 0 Å². The summed E-state index contributed by atoms with van der Waals surface area (Å²) in [6.07, 6.45) is -1.21. The molecular weight excluding hydrogens is 256 g/mol. The van der Waals surface area contributed by atoms with Crippen LogP contribution in [0.15, 0.2) is 0 Å². The van der Waals surface area contributed by atoms with E-state index < -0.39 is 36.4 Å². The van der Waals surface area contributed by atoms with Crippen LogP contribution in [0.5, 0.6) is 0 Å². The Hall–Kier alpha value is -1.63. The van der Waals surface area contributed by atoms with Crippen LogP contribution < -0.4 is 0 Å². The smallest absolute Gasteiger partial charge is 0.336 e. The van der Waals surface area contributed by atoms with E-state index in [9.17, 15) is 19.5 Å². The van der Waals surface area contributed by atoms with Gasteiger partial charge < -0.3 is 20.1 Å². The maximum absolute atomic E-state index is 11.5. The van der Waals surface area contributed by atoms with Gasteiger partial charge in [-0.2, -0.15) is 0 Å². The number of aliphatic hydroxyl groups is 1. The highest BCUT2D eigenvalue weighted by Gasteiger charge is 2.41. The summed E-state index contributed by atoms with van der Waals surface area (Å²) < 4.78 is 4.87. The molecule has 0 saturated carbocycles. The second kappa shape index (κ2) is 6.51. The van der Waals surface area contributed by atoms with Gasteiger partial charge in [-0.15, -0.1) is 0 Å². The normalized spacial score (nSPS) is 14.5. The number of carbonyl (C=O) groups is 3. The predicted molar refractivity (Wildman–Crippen MR) is 64.5 cm³/mol. The van der Waals surface area contributed by atoms with Gasteiger partial charge in [0, 0.05) is 0 Å². The van der Waals surface area contributed by atoms with Gasteiger partial charge in [-0.25, -0.2) is 4.79 Å². The summed E-state index contributed by atoms with van der Waals surface area (Å²) in [6.45, 7) is 5.71. The Labute approximate surface area is 111 Å². The van der Waals surface area contributed by atoms with Gasteiger partial charge in [-0.05, 0) is 11.8 Å². The molecule has 19 heavy (non-hydrogen) atoms. The molecule has 110 valence electrons. The van der Waals surface area contributed by atoms with Crippen molar-refractivity contribution < 1.29 is 34.4 Å². The molecule has 0 aromatic heterocycles. The van der Waals surface area contributed by atoms with Gasteiger partial charge in [0.2, 0.25) is 0 Å². The van der Waals surface area contributed by atoms with Gasteiger partial charge in [0.05, 0.1) is 19.4 Å². The lowest BCUT2D eigenvalue weighted by molar-refractivity contribution is -0.172. The maximum Gasteiger partial charge on any atom is 0.336 e. The highest BCUT2D eigenvalue weighted by Crippen LogP contribution is 2.22. The first kappa shape index (κ1) is 17.4.